The number of thiophene rings is 1. The van der Waals surface area contributed by atoms with E-state index in [0.29, 0.717) is 0 Å². The molecule has 258 valence electrons. The molecular formula is C50H31N3OS. The van der Waals surface area contributed by atoms with Crippen molar-refractivity contribution in [1.29, 1.82) is 0 Å². The van der Waals surface area contributed by atoms with Crippen molar-refractivity contribution in [3.63, 3.8) is 0 Å². The lowest BCUT2D eigenvalue weighted by atomic mass is 10.0. The zero-order valence-electron chi connectivity index (χ0n) is 29.6. The first-order valence-electron chi connectivity index (χ1n) is 18.6. The van der Waals surface area contributed by atoms with Crippen molar-refractivity contribution in [3.05, 3.63) is 188 Å². The minimum absolute atomic E-state index is 0.905. The van der Waals surface area contributed by atoms with E-state index in [0.717, 1.165) is 56.2 Å². The predicted octanol–water partition coefficient (Wildman–Crippen LogP) is 14.9. The van der Waals surface area contributed by atoms with Gasteiger partial charge in [-0.2, -0.15) is 0 Å². The van der Waals surface area contributed by atoms with Crippen LogP contribution in [0.2, 0.25) is 0 Å². The van der Waals surface area contributed by atoms with Gasteiger partial charge in [0.05, 0.1) is 10.9 Å². The van der Waals surface area contributed by atoms with Gasteiger partial charge in [0, 0.05) is 65.8 Å². The molecule has 0 aliphatic carbocycles. The maximum absolute atomic E-state index is 6.90. The third kappa shape index (κ3) is 4.51. The van der Waals surface area contributed by atoms with Gasteiger partial charge in [-0.15, -0.1) is 11.3 Å². The van der Waals surface area contributed by atoms with E-state index in [1.54, 1.807) is 0 Å². The molecule has 0 unspecified atom stereocenters. The van der Waals surface area contributed by atoms with Crippen LogP contribution < -0.4 is 9.80 Å². The van der Waals surface area contributed by atoms with Crippen LogP contribution >= 0.6 is 11.3 Å². The summed E-state index contributed by atoms with van der Waals surface area (Å²) in [7, 11) is 0. The number of para-hydroxylation sites is 5. The molecule has 0 amide bonds. The summed E-state index contributed by atoms with van der Waals surface area (Å²) in [6.45, 7) is 0. The maximum Gasteiger partial charge on any atom is 0.214 e. The summed E-state index contributed by atoms with van der Waals surface area (Å²) in [5.41, 5.74) is 9.79. The molecule has 12 rings (SSSR count). The second kappa shape index (κ2) is 11.7. The fourth-order valence-electron chi connectivity index (χ4n) is 8.69. The molecule has 0 saturated carbocycles. The molecule has 5 heteroatoms. The van der Waals surface area contributed by atoms with E-state index in [9.17, 15) is 0 Å². The van der Waals surface area contributed by atoms with E-state index < -0.39 is 0 Å². The third-order valence-corrected chi connectivity index (χ3v) is 12.2. The molecule has 8 aromatic carbocycles. The molecule has 0 N–H and O–H groups in total. The summed E-state index contributed by atoms with van der Waals surface area (Å²) >= 11 is 1.84. The van der Waals surface area contributed by atoms with Gasteiger partial charge >= 0.3 is 0 Å². The Morgan fingerprint density at radius 2 is 0.945 bits per heavy atom. The summed E-state index contributed by atoms with van der Waals surface area (Å²) in [4.78, 5) is 5.86. The molecule has 4 aromatic heterocycles. The smallest absolute Gasteiger partial charge is 0.214 e. The van der Waals surface area contributed by atoms with Crippen molar-refractivity contribution >= 4 is 115 Å². The summed E-state index contributed by atoms with van der Waals surface area (Å²) in [6.07, 6.45) is 0. The van der Waals surface area contributed by atoms with Crippen LogP contribution in [-0.4, -0.2) is 4.40 Å². The van der Waals surface area contributed by atoms with Crippen LogP contribution in [0, 0.1) is 0 Å². The van der Waals surface area contributed by atoms with Crippen molar-refractivity contribution in [2.24, 2.45) is 0 Å². The van der Waals surface area contributed by atoms with Crippen molar-refractivity contribution in [3.8, 4) is 0 Å². The molecule has 4 nitrogen and oxygen atoms in total. The Hall–Kier alpha value is -7.08. The van der Waals surface area contributed by atoms with Gasteiger partial charge in [0.2, 0.25) is 5.71 Å². The van der Waals surface area contributed by atoms with Crippen LogP contribution in [0.4, 0.5) is 34.1 Å². The Bertz CT molecular complexity index is 3290. The number of rotatable bonds is 6. The van der Waals surface area contributed by atoms with Crippen molar-refractivity contribution in [2.75, 3.05) is 9.80 Å². The molecule has 0 bridgehead atoms. The topological polar surface area (TPSA) is 24.0 Å². The van der Waals surface area contributed by atoms with Crippen LogP contribution in [0.3, 0.4) is 0 Å². The van der Waals surface area contributed by atoms with Gasteiger partial charge in [-0.25, -0.2) is 0 Å². The minimum atomic E-state index is 0.905. The van der Waals surface area contributed by atoms with E-state index >= 15 is 0 Å². The lowest BCUT2D eigenvalue weighted by Gasteiger charge is -2.25. The first kappa shape index (κ1) is 30.4. The average molecular weight is 722 g/mol. The number of anilines is 6. The number of hydrogen-bond donors (Lipinski definition) is 0. The Morgan fingerprint density at radius 3 is 1.55 bits per heavy atom. The van der Waals surface area contributed by atoms with Crippen molar-refractivity contribution < 1.29 is 4.42 Å². The zero-order valence-corrected chi connectivity index (χ0v) is 30.4. The van der Waals surface area contributed by atoms with E-state index in [1.165, 1.54) is 47.4 Å². The molecule has 0 aliphatic rings. The molecule has 12 aromatic rings. The van der Waals surface area contributed by atoms with Crippen LogP contribution in [0.25, 0.3) is 69.4 Å². The molecular weight excluding hydrogens is 691 g/mol. The van der Waals surface area contributed by atoms with Gasteiger partial charge in [-0.3, -0.25) is 4.40 Å². The summed E-state index contributed by atoms with van der Waals surface area (Å²) in [5, 5.41) is 9.68. The van der Waals surface area contributed by atoms with Crippen LogP contribution in [0.15, 0.2) is 192 Å². The maximum atomic E-state index is 6.90. The van der Waals surface area contributed by atoms with E-state index in [4.69, 9.17) is 4.42 Å². The standard InChI is InChI=1S/C50H31N3OS/c1-5-14-34(15-6-1)51(35-16-7-2-8-17-35)38-25-24-32-30-44-43(29-33(32)28-38)46-41-22-13-23-42-47-40-27-26-39(31-45(40)55-50(47)53(48(41)42)49(46)54-44)52(36-18-9-3-10-19-36)37-20-11-4-12-21-37/h1-31H. The lowest BCUT2D eigenvalue weighted by molar-refractivity contribution is 0.652. The highest BCUT2D eigenvalue weighted by Gasteiger charge is 2.25. The van der Waals surface area contributed by atoms with Gasteiger partial charge in [-0.05, 0) is 95.7 Å². The van der Waals surface area contributed by atoms with Gasteiger partial charge < -0.3 is 14.2 Å². The minimum Gasteiger partial charge on any atom is -0.439 e. The number of fused-ring (bicyclic) bond motifs is 11. The molecule has 0 radical (unpaired) electrons. The molecule has 0 atom stereocenters. The fraction of sp³-hybridized carbons (Fsp3) is 0. The predicted molar refractivity (Wildman–Crippen MR) is 233 cm³/mol. The molecule has 0 fully saturated rings. The number of benzene rings is 8. The van der Waals surface area contributed by atoms with Gasteiger partial charge in [-0.1, -0.05) is 103 Å². The van der Waals surface area contributed by atoms with Crippen LogP contribution in [0.5, 0.6) is 0 Å². The van der Waals surface area contributed by atoms with Gasteiger partial charge in [0.1, 0.15) is 10.4 Å². The zero-order chi connectivity index (χ0) is 36.0. The van der Waals surface area contributed by atoms with Gasteiger partial charge in [0.15, 0.2) is 0 Å². The molecule has 0 spiro atoms. The summed E-state index contributed by atoms with van der Waals surface area (Å²) in [5.74, 6) is 0. The Morgan fingerprint density at radius 1 is 0.400 bits per heavy atom. The van der Waals surface area contributed by atoms with E-state index in [2.05, 4.69) is 202 Å². The number of furan rings is 1. The Kier molecular flexibility index (Phi) is 6.47. The van der Waals surface area contributed by atoms with Gasteiger partial charge in [0.25, 0.3) is 0 Å². The largest absolute Gasteiger partial charge is 0.439 e. The highest BCUT2D eigenvalue weighted by molar-refractivity contribution is 7.25. The second-order valence-corrected chi connectivity index (χ2v) is 15.2. The Balaban J connectivity index is 1.06. The van der Waals surface area contributed by atoms with Crippen molar-refractivity contribution in [2.45, 2.75) is 0 Å². The monoisotopic (exact) mass is 721 g/mol. The highest BCUT2D eigenvalue weighted by Crippen LogP contribution is 2.49. The lowest BCUT2D eigenvalue weighted by Crippen LogP contribution is -2.09. The molecule has 4 heterocycles. The quantitative estimate of drug-likeness (QED) is 0.171. The first-order valence-corrected chi connectivity index (χ1v) is 19.4. The van der Waals surface area contributed by atoms with Crippen LogP contribution in [0.1, 0.15) is 0 Å². The highest BCUT2D eigenvalue weighted by atomic mass is 32.1. The number of hydrogen-bond acceptors (Lipinski definition) is 4. The normalized spacial score (nSPS) is 12.0. The van der Waals surface area contributed by atoms with Crippen LogP contribution in [-0.2, 0) is 0 Å². The average Bonchev–Trinajstić information content (AvgIpc) is 3.97. The molecule has 0 aliphatic heterocycles. The second-order valence-electron chi connectivity index (χ2n) is 14.2. The summed E-state index contributed by atoms with van der Waals surface area (Å²) in [6, 6.07) is 67.3. The number of aromatic nitrogens is 1. The first-order chi connectivity index (χ1) is 27.3. The molecule has 0 saturated heterocycles. The number of nitrogens with zero attached hydrogens (tertiary/aromatic N) is 3. The molecule has 55 heavy (non-hydrogen) atoms. The fourth-order valence-corrected chi connectivity index (χ4v) is 9.94. The van der Waals surface area contributed by atoms with E-state index in [1.807, 2.05) is 11.3 Å². The summed E-state index contributed by atoms with van der Waals surface area (Å²) < 4.78 is 10.5. The third-order valence-electron chi connectivity index (χ3n) is 11.0. The Labute approximate surface area is 320 Å². The van der Waals surface area contributed by atoms with E-state index in [-0.39, 0.29) is 0 Å². The SMILES string of the molecule is c1ccc(N(c2ccccc2)c2ccc3cc4oc5c(c4cc3c2)c2cccc3c4c6ccc(N(c7ccccc7)c7ccccc7)cc6sc4n5c23)cc1. The van der Waals surface area contributed by atoms with Crippen molar-refractivity contribution in [1.82, 2.24) is 4.40 Å².